The smallest absolute Gasteiger partial charge is 0.328 e. The van der Waals surface area contributed by atoms with Gasteiger partial charge in [-0.2, -0.15) is 0 Å². The number of ether oxygens (including phenoxy) is 1. The fraction of sp³-hybridized carbons (Fsp3) is 0.769. The molecule has 0 spiro atoms. The van der Waals surface area contributed by atoms with Crippen LogP contribution in [0, 0.1) is 0 Å². The third-order valence-electron chi connectivity index (χ3n) is 2.98. The lowest BCUT2D eigenvalue weighted by Gasteiger charge is -2.32. The van der Waals surface area contributed by atoms with Crippen LogP contribution in [-0.4, -0.2) is 59.6 Å². The first kappa shape index (κ1) is 16.4. The molecule has 1 aliphatic heterocycles. The van der Waals surface area contributed by atoms with Crippen LogP contribution in [0.5, 0.6) is 0 Å². The third kappa shape index (κ3) is 5.16. The summed E-state index contributed by atoms with van der Waals surface area (Å²) in [5, 5.41) is 11.8. The zero-order valence-electron chi connectivity index (χ0n) is 11.9. The number of morpholine rings is 1. The minimum absolute atomic E-state index is 0.0227. The van der Waals surface area contributed by atoms with Crippen molar-refractivity contribution < 1.29 is 24.2 Å². The molecular formula is C13H22N2O5. The molecule has 0 saturated carbocycles. The summed E-state index contributed by atoms with van der Waals surface area (Å²) in [5.74, 6) is -1.39. The maximum absolute atomic E-state index is 12.0. The Morgan fingerprint density at radius 3 is 2.65 bits per heavy atom. The maximum Gasteiger partial charge on any atom is 0.328 e. The Balaban J connectivity index is 2.37. The maximum atomic E-state index is 12.0. The van der Waals surface area contributed by atoms with Gasteiger partial charge in [0.2, 0.25) is 11.8 Å². The largest absolute Gasteiger partial charge is 0.480 e. The molecule has 1 atom stereocenters. The van der Waals surface area contributed by atoms with Crippen molar-refractivity contribution in [3.8, 4) is 0 Å². The Bertz CT molecular complexity index is 370. The van der Waals surface area contributed by atoms with E-state index in [1.165, 1.54) is 4.90 Å². The van der Waals surface area contributed by atoms with Gasteiger partial charge in [0.05, 0.1) is 13.2 Å². The molecule has 114 valence electrons. The molecule has 0 aromatic carbocycles. The summed E-state index contributed by atoms with van der Waals surface area (Å²) in [6.45, 7) is 4.40. The van der Waals surface area contributed by atoms with E-state index >= 15 is 0 Å². The molecule has 1 saturated heterocycles. The lowest BCUT2D eigenvalue weighted by Crippen LogP contribution is -2.52. The van der Waals surface area contributed by atoms with Gasteiger partial charge in [-0.25, -0.2) is 4.79 Å². The average molecular weight is 286 g/mol. The molecule has 7 nitrogen and oxygen atoms in total. The molecule has 1 unspecified atom stereocenters. The third-order valence-corrected chi connectivity index (χ3v) is 2.98. The van der Waals surface area contributed by atoms with E-state index < -0.39 is 12.0 Å². The van der Waals surface area contributed by atoms with Gasteiger partial charge < -0.3 is 20.1 Å². The van der Waals surface area contributed by atoms with Crippen molar-refractivity contribution in [1.29, 1.82) is 0 Å². The predicted molar refractivity (Wildman–Crippen MR) is 71.1 cm³/mol. The lowest BCUT2D eigenvalue weighted by atomic mass is 10.1. The predicted octanol–water partition coefficient (Wildman–Crippen LogP) is -0.00670. The highest BCUT2D eigenvalue weighted by molar-refractivity contribution is 5.84. The van der Waals surface area contributed by atoms with Gasteiger partial charge in [-0.3, -0.25) is 9.59 Å². The van der Waals surface area contributed by atoms with Crippen molar-refractivity contribution in [1.82, 2.24) is 10.2 Å². The Hall–Kier alpha value is -1.63. The van der Waals surface area contributed by atoms with Gasteiger partial charge in [-0.1, -0.05) is 0 Å². The number of hydrogen-bond donors (Lipinski definition) is 2. The molecular weight excluding hydrogens is 264 g/mol. The van der Waals surface area contributed by atoms with E-state index in [9.17, 15) is 14.4 Å². The van der Waals surface area contributed by atoms with Gasteiger partial charge in [0, 0.05) is 25.4 Å². The number of rotatable bonds is 6. The van der Waals surface area contributed by atoms with E-state index in [1.54, 1.807) is 0 Å². The van der Waals surface area contributed by atoms with E-state index in [4.69, 9.17) is 9.84 Å². The molecule has 1 aliphatic rings. The van der Waals surface area contributed by atoms with Crippen molar-refractivity contribution in [2.75, 3.05) is 19.8 Å². The molecule has 2 amide bonds. The number of amides is 2. The summed E-state index contributed by atoms with van der Waals surface area (Å²) in [4.78, 5) is 35.8. The summed E-state index contributed by atoms with van der Waals surface area (Å²) >= 11 is 0. The van der Waals surface area contributed by atoms with Gasteiger partial charge in [-0.05, 0) is 20.3 Å². The normalized spacial score (nSPS) is 18.9. The Morgan fingerprint density at radius 1 is 1.35 bits per heavy atom. The fourth-order valence-electron chi connectivity index (χ4n) is 2.04. The highest BCUT2D eigenvalue weighted by atomic mass is 16.5. The van der Waals surface area contributed by atoms with E-state index in [0.29, 0.717) is 13.0 Å². The van der Waals surface area contributed by atoms with E-state index in [1.807, 2.05) is 13.8 Å². The van der Waals surface area contributed by atoms with Crippen LogP contribution in [-0.2, 0) is 19.1 Å². The SMILES string of the molecule is CC(C)NC(=O)CCCC(=O)N1CCOCC1C(=O)O. The molecule has 1 heterocycles. The van der Waals surface area contributed by atoms with Gasteiger partial charge >= 0.3 is 5.97 Å². The average Bonchev–Trinajstić information content (AvgIpc) is 2.37. The van der Waals surface area contributed by atoms with Crippen molar-refractivity contribution in [2.24, 2.45) is 0 Å². The van der Waals surface area contributed by atoms with Gasteiger partial charge in [0.15, 0.2) is 6.04 Å². The van der Waals surface area contributed by atoms with Crippen LogP contribution in [0.25, 0.3) is 0 Å². The van der Waals surface area contributed by atoms with Crippen LogP contribution in [0.4, 0.5) is 0 Å². The molecule has 2 N–H and O–H groups in total. The standard InChI is InChI=1S/C13H22N2O5/c1-9(2)14-11(16)4-3-5-12(17)15-6-7-20-8-10(15)13(18)19/h9-10H,3-8H2,1-2H3,(H,14,16)(H,18,19). The first-order chi connectivity index (χ1) is 9.41. The van der Waals surface area contributed by atoms with E-state index in [-0.39, 0.29) is 43.8 Å². The number of carbonyl (C=O) groups excluding carboxylic acids is 2. The molecule has 0 aliphatic carbocycles. The van der Waals surface area contributed by atoms with Crippen molar-refractivity contribution >= 4 is 17.8 Å². The molecule has 7 heteroatoms. The highest BCUT2D eigenvalue weighted by Gasteiger charge is 2.32. The van der Waals surface area contributed by atoms with Crippen LogP contribution < -0.4 is 5.32 Å². The van der Waals surface area contributed by atoms with Crippen molar-refractivity contribution in [3.05, 3.63) is 0 Å². The Morgan fingerprint density at radius 2 is 2.05 bits per heavy atom. The minimum atomic E-state index is -1.06. The number of nitrogens with one attached hydrogen (secondary N) is 1. The Labute approximate surface area is 118 Å². The summed E-state index contributed by atoms with van der Waals surface area (Å²) in [6.07, 6.45) is 0.863. The van der Waals surface area contributed by atoms with Crippen LogP contribution >= 0.6 is 0 Å². The lowest BCUT2D eigenvalue weighted by molar-refractivity contribution is -0.158. The highest BCUT2D eigenvalue weighted by Crippen LogP contribution is 2.11. The first-order valence-electron chi connectivity index (χ1n) is 6.81. The minimum Gasteiger partial charge on any atom is -0.480 e. The monoisotopic (exact) mass is 286 g/mol. The van der Waals surface area contributed by atoms with Crippen LogP contribution in [0.1, 0.15) is 33.1 Å². The van der Waals surface area contributed by atoms with E-state index in [0.717, 1.165) is 0 Å². The molecule has 1 rings (SSSR count). The summed E-state index contributed by atoms with van der Waals surface area (Å²) < 4.78 is 5.07. The van der Waals surface area contributed by atoms with Crippen LogP contribution in [0.3, 0.4) is 0 Å². The molecule has 0 radical (unpaired) electrons. The second kappa shape index (κ2) is 7.84. The van der Waals surface area contributed by atoms with Crippen molar-refractivity contribution in [3.63, 3.8) is 0 Å². The molecule has 0 bridgehead atoms. The van der Waals surface area contributed by atoms with Gasteiger partial charge in [0.25, 0.3) is 0 Å². The topological polar surface area (TPSA) is 95.9 Å². The fourth-order valence-corrected chi connectivity index (χ4v) is 2.04. The number of carbonyl (C=O) groups is 3. The van der Waals surface area contributed by atoms with Crippen molar-refractivity contribution in [2.45, 2.75) is 45.2 Å². The second-order valence-corrected chi connectivity index (χ2v) is 5.09. The zero-order valence-corrected chi connectivity index (χ0v) is 11.9. The number of nitrogens with zero attached hydrogens (tertiary/aromatic N) is 1. The summed E-state index contributed by atoms with van der Waals surface area (Å²) in [5.41, 5.74) is 0. The van der Waals surface area contributed by atoms with Gasteiger partial charge in [0.1, 0.15) is 0 Å². The molecule has 1 fully saturated rings. The molecule has 20 heavy (non-hydrogen) atoms. The van der Waals surface area contributed by atoms with Gasteiger partial charge in [-0.15, -0.1) is 0 Å². The quantitative estimate of drug-likeness (QED) is 0.716. The van der Waals surface area contributed by atoms with Crippen LogP contribution in [0.15, 0.2) is 0 Å². The summed E-state index contributed by atoms with van der Waals surface area (Å²) in [6, 6.07) is -0.838. The Kier molecular flexibility index (Phi) is 6.44. The molecule has 0 aromatic rings. The summed E-state index contributed by atoms with van der Waals surface area (Å²) in [7, 11) is 0. The number of hydrogen-bond acceptors (Lipinski definition) is 4. The first-order valence-corrected chi connectivity index (χ1v) is 6.81. The van der Waals surface area contributed by atoms with E-state index in [2.05, 4.69) is 5.32 Å². The number of carboxylic acid groups (broad SMARTS) is 1. The molecule has 0 aromatic heterocycles. The number of carboxylic acids is 1. The zero-order chi connectivity index (χ0) is 15.1. The number of aliphatic carboxylic acids is 1. The second-order valence-electron chi connectivity index (χ2n) is 5.09. The van der Waals surface area contributed by atoms with Crippen LogP contribution in [0.2, 0.25) is 0 Å².